The van der Waals surface area contributed by atoms with Gasteiger partial charge >= 0.3 is 0 Å². The number of ketones is 1. The zero-order valence-corrected chi connectivity index (χ0v) is 15.7. The van der Waals surface area contributed by atoms with Crippen LogP contribution in [0.2, 0.25) is 0 Å². The number of carbonyl (C=O) groups is 1. The summed E-state index contributed by atoms with van der Waals surface area (Å²) in [6, 6.07) is 13.5. The van der Waals surface area contributed by atoms with Gasteiger partial charge in [-0.05, 0) is 13.8 Å². The van der Waals surface area contributed by atoms with Gasteiger partial charge in [0.1, 0.15) is 5.36 Å². The number of hydrogen-bond donors (Lipinski definition) is 1. The zero-order valence-electron chi connectivity index (χ0n) is 15.7. The van der Waals surface area contributed by atoms with Gasteiger partial charge in [0.2, 0.25) is 5.95 Å². The summed E-state index contributed by atoms with van der Waals surface area (Å²) < 4.78 is 0. The van der Waals surface area contributed by atoms with Crippen molar-refractivity contribution >= 4 is 23.5 Å². The number of aromatic amines is 1. The molecule has 3 aromatic rings. The molecular formula is C22H19N5O. The first-order valence-electron chi connectivity index (χ1n) is 9.46. The van der Waals surface area contributed by atoms with E-state index in [0.29, 0.717) is 11.1 Å². The Morgan fingerprint density at radius 1 is 1.00 bits per heavy atom. The minimum Gasteiger partial charge on any atom is -0.343 e. The summed E-state index contributed by atoms with van der Waals surface area (Å²) in [5.41, 5.74) is 4.61. The molecule has 2 heterocycles. The molecule has 1 aliphatic heterocycles. The number of carbonyl (C=O) groups excluding carboxylic acids is 1. The molecule has 2 aliphatic rings. The van der Waals surface area contributed by atoms with E-state index in [1.54, 1.807) is 6.21 Å². The van der Waals surface area contributed by atoms with Crippen molar-refractivity contribution in [3.05, 3.63) is 69.9 Å². The van der Waals surface area contributed by atoms with Crippen molar-refractivity contribution in [3.8, 4) is 11.3 Å². The maximum Gasteiger partial charge on any atom is 0.203 e. The largest absolute Gasteiger partial charge is 0.343 e. The number of fused-ring (bicyclic) bond motifs is 4. The fourth-order valence-corrected chi connectivity index (χ4v) is 3.93. The summed E-state index contributed by atoms with van der Waals surface area (Å²) in [4.78, 5) is 24.0. The number of H-pyrrole nitrogens is 1. The second-order valence-electron chi connectivity index (χ2n) is 6.79. The van der Waals surface area contributed by atoms with Crippen molar-refractivity contribution in [2.75, 3.05) is 18.0 Å². The lowest BCUT2D eigenvalue weighted by molar-refractivity contribution is 0.105. The monoisotopic (exact) mass is 369 g/mol. The van der Waals surface area contributed by atoms with E-state index in [0.717, 1.165) is 52.1 Å². The summed E-state index contributed by atoms with van der Waals surface area (Å²) >= 11 is 0. The second-order valence-corrected chi connectivity index (χ2v) is 6.79. The Hall–Kier alpha value is -3.54. The average Bonchev–Trinajstić information content (AvgIpc) is 3.37. The summed E-state index contributed by atoms with van der Waals surface area (Å²) in [5.74, 6) is 0.756. The highest BCUT2D eigenvalue weighted by Gasteiger charge is 2.32. The highest BCUT2D eigenvalue weighted by Crippen LogP contribution is 2.37. The fraction of sp³-hybridized carbons (Fsp3) is 0.182. The van der Waals surface area contributed by atoms with Crippen LogP contribution in [0.4, 0.5) is 5.95 Å². The van der Waals surface area contributed by atoms with E-state index in [4.69, 9.17) is 4.98 Å². The Morgan fingerprint density at radius 3 is 2.57 bits per heavy atom. The molecule has 0 unspecified atom stereocenters. The molecule has 0 spiro atoms. The van der Waals surface area contributed by atoms with E-state index < -0.39 is 0 Å². The van der Waals surface area contributed by atoms with Crippen LogP contribution in [0.15, 0.2) is 52.7 Å². The van der Waals surface area contributed by atoms with Crippen LogP contribution in [-0.2, 0) is 0 Å². The lowest BCUT2D eigenvalue weighted by Gasteiger charge is -2.17. The predicted octanol–water partition coefficient (Wildman–Crippen LogP) is 2.29. The molecule has 0 fully saturated rings. The van der Waals surface area contributed by atoms with Gasteiger partial charge in [0.15, 0.2) is 5.78 Å². The standard InChI is InChI=1S/C22H19N5O/c1-3-27(4-2)22-24-19-14-9-5-6-10-15(14)21(28)17(20(19)25-22)16-11-7-8-13-12-23-26-18(13)16/h5-12H,3-4H2,1-2H3,(H,24,25)/b17-16+. The predicted molar refractivity (Wildman–Crippen MR) is 109 cm³/mol. The van der Waals surface area contributed by atoms with Crippen molar-refractivity contribution in [2.24, 2.45) is 10.2 Å². The first-order valence-corrected chi connectivity index (χ1v) is 9.46. The number of Topliss-reactive ketones (excluding diaryl/α,β-unsaturated/α-hetero) is 1. The summed E-state index contributed by atoms with van der Waals surface area (Å²) in [6.45, 7) is 5.85. The number of nitrogens with one attached hydrogen (secondary N) is 1. The molecule has 2 aromatic carbocycles. The lowest BCUT2D eigenvalue weighted by Crippen LogP contribution is -2.33. The Labute approximate surface area is 162 Å². The molecule has 0 bridgehead atoms. The molecule has 1 N–H and O–H groups in total. The summed E-state index contributed by atoms with van der Waals surface area (Å²) in [7, 11) is 0. The van der Waals surface area contributed by atoms with Crippen LogP contribution in [0.1, 0.15) is 35.5 Å². The second kappa shape index (κ2) is 6.27. The normalized spacial score (nSPS) is 15.7. The Balaban J connectivity index is 1.89. The van der Waals surface area contributed by atoms with Crippen LogP contribution in [0.3, 0.4) is 0 Å². The van der Waals surface area contributed by atoms with Crippen molar-refractivity contribution < 1.29 is 4.79 Å². The van der Waals surface area contributed by atoms with Gasteiger partial charge in [0, 0.05) is 35.0 Å². The number of imidazole rings is 1. The Kier molecular flexibility index (Phi) is 3.72. The van der Waals surface area contributed by atoms with Crippen LogP contribution >= 0.6 is 0 Å². The fourth-order valence-electron chi connectivity index (χ4n) is 3.93. The lowest BCUT2D eigenvalue weighted by atomic mass is 9.86. The molecule has 5 rings (SSSR count). The first-order chi connectivity index (χ1) is 13.7. The van der Waals surface area contributed by atoms with E-state index >= 15 is 0 Å². The maximum absolute atomic E-state index is 13.5. The van der Waals surface area contributed by atoms with Gasteiger partial charge in [-0.1, -0.05) is 42.5 Å². The minimum atomic E-state index is -0.0200. The summed E-state index contributed by atoms with van der Waals surface area (Å²) in [5, 5.41) is 9.81. The third kappa shape index (κ3) is 2.27. The van der Waals surface area contributed by atoms with E-state index in [-0.39, 0.29) is 5.78 Å². The quantitative estimate of drug-likeness (QED) is 0.770. The molecule has 0 atom stereocenters. The molecule has 0 radical (unpaired) electrons. The molecule has 0 saturated carbocycles. The zero-order chi connectivity index (χ0) is 19.3. The van der Waals surface area contributed by atoms with Gasteiger partial charge in [-0.2, -0.15) is 5.10 Å². The molecule has 0 amide bonds. The van der Waals surface area contributed by atoms with Crippen molar-refractivity contribution in [3.63, 3.8) is 0 Å². The van der Waals surface area contributed by atoms with E-state index in [2.05, 4.69) is 33.9 Å². The van der Waals surface area contributed by atoms with Gasteiger partial charge in [-0.25, -0.2) is 4.98 Å². The molecular weight excluding hydrogens is 350 g/mol. The molecule has 1 aromatic heterocycles. The van der Waals surface area contributed by atoms with E-state index in [9.17, 15) is 4.79 Å². The molecule has 6 nitrogen and oxygen atoms in total. The van der Waals surface area contributed by atoms with Crippen LogP contribution in [0.25, 0.3) is 16.8 Å². The molecule has 28 heavy (non-hydrogen) atoms. The Morgan fingerprint density at radius 2 is 1.79 bits per heavy atom. The van der Waals surface area contributed by atoms with Crippen LogP contribution < -0.4 is 15.5 Å². The topological polar surface area (TPSA) is 73.7 Å². The number of benzene rings is 2. The number of aromatic nitrogens is 2. The highest BCUT2D eigenvalue weighted by molar-refractivity contribution is 6.33. The smallest absolute Gasteiger partial charge is 0.203 e. The number of rotatable bonds is 3. The minimum absolute atomic E-state index is 0.0200. The van der Waals surface area contributed by atoms with Crippen LogP contribution in [-0.4, -0.2) is 35.1 Å². The Bertz CT molecular complexity index is 1260. The van der Waals surface area contributed by atoms with E-state index in [1.165, 1.54) is 0 Å². The van der Waals surface area contributed by atoms with Gasteiger partial charge in [-0.15, -0.1) is 5.10 Å². The van der Waals surface area contributed by atoms with Crippen LogP contribution in [0, 0.1) is 0 Å². The highest BCUT2D eigenvalue weighted by atomic mass is 16.1. The SMILES string of the molecule is CCN(CC)c1nc2c([nH]1)/C(=c1/cccc3c1=NN=C3)C(=O)c1ccccc1-2. The van der Waals surface area contributed by atoms with Crippen LogP contribution in [0.5, 0.6) is 0 Å². The summed E-state index contributed by atoms with van der Waals surface area (Å²) in [6.07, 6.45) is 1.72. The van der Waals surface area contributed by atoms with Gasteiger partial charge in [-0.3, -0.25) is 4.79 Å². The van der Waals surface area contributed by atoms with Crippen molar-refractivity contribution in [1.29, 1.82) is 0 Å². The average molecular weight is 369 g/mol. The van der Waals surface area contributed by atoms with Gasteiger partial charge < -0.3 is 9.88 Å². The number of nitrogens with zero attached hydrogens (tertiary/aromatic N) is 4. The first kappa shape index (κ1) is 16.6. The van der Waals surface area contributed by atoms with E-state index in [1.807, 2.05) is 42.5 Å². The number of hydrogen-bond acceptors (Lipinski definition) is 5. The van der Waals surface area contributed by atoms with Gasteiger partial charge in [0.05, 0.1) is 23.2 Å². The van der Waals surface area contributed by atoms with Crippen molar-refractivity contribution in [2.45, 2.75) is 13.8 Å². The van der Waals surface area contributed by atoms with Gasteiger partial charge in [0.25, 0.3) is 0 Å². The van der Waals surface area contributed by atoms with Crippen molar-refractivity contribution in [1.82, 2.24) is 9.97 Å². The molecule has 0 saturated heterocycles. The third-order valence-corrected chi connectivity index (χ3v) is 5.35. The molecule has 6 heteroatoms. The molecule has 138 valence electrons. The third-order valence-electron chi connectivity index (χ3n) is 5.35. The molecule has 1 aliphatic carbocycles. The maximum atomic E-state index is 13.5. The number of anilines is 1.